The van der Waals surface area contributed by atoms with Gasteiger partial charge >= 0.3 is 95.3 Å². The van der Waals surface area contributed by atoms with Crippen molar-refractivity contribution in [1.82, 2.24) is 0 Å². The third-order valence-corrected chi connectivity index (χ3v) is 13.5. The van der Waals surface area contributed by atoms with Crippen molar-refractivity contribution in [3.8, 4) is 41.8 Å². The molecule has 2 heterocycles. The highest BCUT2D eigenvalue weighted by atomic mass is 32.1. The first-order valence-electron chi connectivity index (χ1n) is 19.5. The van der Waals surface area contributed by atoms with Crippen LogP contribution >= 0.6 is 22.7 Å². The maximum atomic E-state index is 14.8. The van der Waals surface area contributed by atoms with Gasteiger partial charge < -0.3 is 0 Å². The molecule has 0 N–H and O–H groups in total. The summed E-state index contributed by atoms with van der Waals surface area (Å²) in [5.74, 6) is -116. The molecule has 0 radical (unpaired) electrons. The Labute approximate surface area is 416 Å². The Bertz CT molecular complexity index is 2740. The van der Waals surface area contributed by atoms with Crippen molar-refractivity contribution in [2.24, 2.45) is 0 Å². The lowest BCUT2D eigenvalue weighted by Gasteiger charge is -2.42. The lowest BCUT2D eigenvalue weighted by atomic mass is 9.87. The van der Waals surface area contributed by atoms with Gasteiger partial charge in [0.1, 0.15) is 0 Å². The normalized spacial score (nSPS) is 15.3. The zero-order valence-corrected chi connectivity index (χ0v) is 37.5. The molecule has 5 rings (SSSR count). The van der Waals surface area contributed by atoms with Crippen LogP contribution in [-0.2, 0) is 11.8 Å². The third-order valence-electron chi connectivity index (χ3n) is 11.2. The van der Waals surface area contributed by atoms with Crippen LogP contribution in [0.25, 0.3) is 41.8 Å². The van der Waals surface area contributed by atoms with Crippen LogP contribution in [0.3, 0.4) is 0 Å². The van der Waals surface area contributed by atoms with E-state index in [0.717, 1.165) is 22.7 Å². The quantitative estimate of drug-likeness (QED) is 0.0767. The van der Waals surface area contributed by atoms with Crippen molar-refractivity contribution in [2.45, 2.75) is 95.3 Å². The molecule has 0 atom stereocenters. The van der Waals surface area contributed by atoms with E-state index in [1.54, 1.807) is 0 Å². The van der Waals surface area contributed by atoms with E-state index in [0.29, 0.717) is 24.3 Å². The molecule has 434 valence electrons. The molecule has 0 fully saturated rings. The second-order valence-corrected chi connectivity index (χ2v) is 18.3. The summed E-state index contributed by atoms with van der Waals surface area (Å²) >= 11 is 1.46. The summed E-state index contributed by atoms with van der Waals surface area (Å²) < 4.78 is 468. The summed E-state index contributed by atoms with van der Waals surface area (Å²) in [5, 5.41) is 0. The predicted octanol–water partition coefficient (Wildman–Crippen LogP) is 19.4. The molecule has 3 aromatic carbocycles. The molecule has 5 aromatic rings. The third kappa shape index (κ3) is 8.87. The number of rotatable bonds is 18. The fourth-order valence-corrected chi connectivity index (χ4v) is 8.51. The second-order valence-electron chi connectivity index (χ2n) is 16.1. The second kappa shape index (κ2) is 18.6. The topological polar surface area (TPSA) is 0 Å². The Balaban J connectivity index is 1.33. The first kappa shape index (κ1) is 63.5. The molecule has 0 amide bonds. The standard InChI is InChI=1S/C42H16F34S2/c43-27(44,29(47,48)31(51,52)33(55,56)35(59,60)37(63,64)39(67,68)41(71,72)73)21-9-5-19(6-10-21)25-15-13-23(77-25)17-1-2-18(4-3-17)24-14-16-26(78-24)20-7-11-22(12-8-20)28(45,46)30(49,50)32(53,54)34(57,58)36(61,62)38(65,66)40(69,70)42(74,75)76/h1-16H. The molecular weight excluding hydrogens is 1210 g/mol. The number of hydrogen-bond acceptors (Lipinski definition) is 2. The molecule has 0 bridgehead atoms. The van der Waals surface area contributed by atoms with Crippen LogP contribution in [0.2, 0.25) is 0 Å². The molecular formula is C42H16F34S2. The van der Waals surface area contributed by atoms with Crippen molar-refractivity contribution in [1.29, 1.82) is 0 Å². The van der Waals surface area contributed by atoms with E-state index in [4.69, 9.17) is 0 Å². The Hall–Kier alpha value is -5.32. The van der Waals surface area contributed by atoms with Gasteiger partial charge in [0.2, 0.25) is 0 Å². The van der Waals surface area contributed by atoms with E-state index in [-0.39, 0.29) is 66.0 Å². The van der Waals surface area contributed by atoms with E-state index >= 15 is 0 Å². The Morgan fingerprint density at radius 2 is 0.333 bits per heavy atom. The van der Waals surface area contributed by atoms with Gasteiger partial charge in [0.15, 0.2) is 0 Å². The summed E-state index contributed by atoms with van der Waals surface area (Å²) in [6.07, 6.45) is -15.8. The number of benzene rings is 3. The minimum Gasteiger partial charge on any atom is -0.194 e. The first-order chi connectivity index (χ1) is 34.6. The lowest BCUT2D eigenvalue weighted by molar-refractivity contribution is -0.462. The molecule has 0 unspecified atom stereocenters. The molecule has 78 heavy (non-hydrogen) atoms. The van der Waals surface area contributed by atoms with Gasteiger partial charge in [-0.05, 0) is 46.5 Å². The summed E-state index contributed by atoms with van der Waals surface area (Å²) in [7, 11) is 0. The van der Waals surface area contributed by atoms with E-state index in [2.05, 4.69) is 0 Å². The van der Waals surface area contributed by atoms with E-state index in [9.17, 15) is 149 Å². The fourth-order valence-electron chi connectivity index (χ4n) is 6.47. The SMILES string of the molecule is FC(F)(F)C(F)(F)C(F)(F)C(F)(F)C(F)(F)C(F)(F)C(F)(F)C(F)(F)c1ccc(-c2ccc(-c3ccc(-c4ccc(-c5ccc(C(F)(F)C(F)(F)C(F)(F)C(F)(F)C(F)(F)C(F)(F)C(F)(F)C(F)(F)F)cc5)s4)cc3)s2)cc1. The number of alkyl halides is 34. The molecule has 0 spiro atoms. The first-order valence-corrected chi connectivity index (χ1v) is 21.2. The van der Waals surface area contributed by atoms with Gasteiger partial charge in [-0.3, -0.25) is 0 Å². The summed E-state index contributed by atoms with van der Waals surface area (Å²) in [6, 6.07) is 11.2. The Morgan fingerprint density at radius 3 is 0.513 bits per heavy atom. The van der Waals surface area contributed by atoms with E-state index in [1.807, 2.05) is 0 Å². The molecule has 36 heteroatoms. The number of halogens is 34. The van der Waals surface area contributed by atoms with Crippen LogP contribution in [0.4, 0.5) is 149 Å². The highest BCUT2D eigenvalue weighted by Gasteiger charge is 2.97. The van der Waals surface area contributed by atoms with Crippen molar-refractivity contribution in [3.05, 3.63) is 108 Å². The lowest BCUT2D eigenvalue weighted by Crippen LogP contribution is -2.74. The summed E-state index contributed by atoms with van der Waals surface area (Å²) in [6.45, 7) is 0. The van der Waals surface area contributed by atoms with Gasteiger partial charge in [0.05, 0.1) is 0 Å². The molecule has 2 aromatic heterocycles. The zero-order valence-electron chi connectivity index (χ0n) is 35.9. The van der Waals surface area contributed by atoms with Gasteiger partial charge in [-0.25, -0.2) is 0 Å². The molecule has 0 saturated heterocycles. The predicted molar refractivity (Wildman–Crippen MR) is 203 cm³/mol. The highest BCUT2D eigenvalue weighted by Crippen LogP contribution is 2.67. The fraction of sp³-hybridized carbons (Fsp3) is 0.381. The van der Waals surface area contributed by atoms with Gasteiger partial charge in [-0.2, -0.15) is 149 Å². The molecule has 0 aliphatic carbocycles. The largest absolute Gasteiger partial charge is 0.460 e. The monoisotopic (exact) mass is 1230 g/mol. The smallest absolute Gasteiger partial charge is 0.194 e. The Morgan fingerprint density at radius 1 is 0.179 bits per heavy atom. The molecule has 0 nitrogen and oxygen atoms in total. The summed E-state index contributed by atoms with van der Waals surface area (Å²) in [5.41, 5.74) is -4.91. The zero-order chi connectivity index (χ0) is 60.5. The van der Waals surface area contributed by atoms with E-state index < -0.39 is 106 Å². The average molecular weight is 1230 g/mol. The van der Waals surface area contributed by atoms with E-state index in [1.165, 1.54) is 48.5 Å². The van der Waals surface area contributed by atoms with Crippen molar-refractivity contribution in [3.63, 3.8) is 0 Å². The van der Waals surface area contributed by atoms with Crippen molar-refractivity contribution >= 4 is 22.7 Å². The van der Waals surface area contributed by atoms with Gasteiger partial charge in [0, 0.05) is 30.6 Å². The highest BCUT2D eigenvalue weighted by molar-refractivity contribution is 7.19. The average Bonchev–Trinajstić information content (AvgIpc) is 4.02. The van der Waals surface area contributed by atoms with Crippen molar-refractivity contribution < 1.29 is 149 Å². The minimum atomic E-state index is -8.81. The Kier molecular flexibility index (Phi) is 15.2. The molecule has 0 aliphatic heterocycles. The van der Waals surface area contributed by atoms with Crippen LogP contribution in [0.1, 0.15) is 11.1 Å². The van der Waals surface area contributed by atoms with Gasteiger partial charge in [0.25, 0.3) is 0 Å². The van der Waals surface area contributed by atoms with Crippen LogP contribution in [0.15, 0.2) is 97.1 Å². The maximum absolute atomic E-state index is 14.8. The molecule has 0 aliphatic rings. The van der Waals surface area contributed by atoms with Gasteiger partial charge in [-0.15, -0.1) is 22.7 Å². The van der Waals surface area contributed by atoms with Crippen LogP contribution in [0.5, 0.6) is 0 Å². The van der Waals surface area contributed by atoms with Gasteiger partial charge in [-0.1, -0.05) is 72.8 Å². The van der Waals surface area contributed by atoms with Crippen LogP contribution in [0, 0.1) is 0 Å². The minimum absolute atomic E-state index is 0.0134. The van der Waals surface area contributed by atoms with Crippen LogP contribution in [-0.4, -0.2) is 83.4 Å². The number of thiophene rings is 2. The van der Waals surface area contributed by atoms with Crippen LogP contribution < -0.4 is 0 Å². The summed E-state index contributed by atoms with van der Waals surface area (Å²) in [4.78, 5) is 0.471. The maximum Gasteiger partial charge on any atom is 0.460 e. The number of hydrogen-bond donors (Lipinski definition) is 0. The molecule has 0 saturated carbocycles. The van der Waals surface area contributed by atoms with Crippen molar-refractivity contribution in [2.75, 3.05) is 0 Å².